The van der Waals surface area contributed by atoms with E-state index in [-0.39, 0.29) is 0 Å². The van der Waals surface area contributed by atoms with Crippen LogP contribution in [0.4, 0.5) is 0 Å². The Bertz CT molecular complexity index is 360. The smallest absolute Gasteiger partial charge is 0.118 e. The molecule has 0 amide bonds. The fraction of sp³-hybridized carbons (Fsp3) is 0.625. The summed E-state index contributed by atoms with van der Waals surface area (Å²) in [5, 5.41) is 26.4. The predicted molar refractivity (Wildman–Crippen MR) is 43.2 cm³/mol. The lowest BCUT2D eigenvalue weighted by atomic mass is 9.99. The van der Waals surface area contributed by atoms with Crippen LogP contribution < -0.4 is 0 Å². The molecule has 1 aromatic rings. The zero-order valence-corrected chi connectivity index (χ0v) is 7.30. The lowest BCUT2D eigenvalue weighted by molar-refractivity contribution is 0.118. The highest BCUT2D eigenvalue weighted by Crippen LogP contribution is 2.53. The van der Waals surface area contributed by atoms with Gasteiger partial charge >= 0.3 is 0 Å². The molecule has 1 atom stereocenters. The summed E-state index contributed by atoms with van der Waals surface area (Å²) >= 11 is 0. The first-order valence-corrected chi connectivity index (χ1v) is 4.13. The maximum atomic E-state index is 9.79. The summed E-state index contributed by atoms with van der Waals surface area (Å²) in [6.07, 6.45) is 2.22. The van der Waals surface area contributed by atoms with E-state index in [2.05, 4.69) is 16.3 Å². The van der Waals surface area contributed by atoms with E-state index in [0.717, 1.165) is 12.8 Å². The minimum absolute atomic E-state index is 0.488. The van der Waals surface area contributed by atoms with Crippen molar-refractivity contribution in [2.45, 2.75) is 18.9 Å². The van der Waals surface area contributed by atoms with E-state index in [1.165, 1.54) is 11.0 Å². The van der Waals surface area contributed by atoms with Crippen LogP contribution in [0.5, 0.6) is 0 Å². The lowest BCUT2D eigenvalue weighted by Crippen LogP contribution is -2.12. The van der Waals surface area contributed by atoms with Gasteiger partial charge in [0, 0.05) is 7.05 Å². The van der Waals surface area contributed by atoms with E-state index in [4.69, 9.17) is 5.26 Å². The molecule has 0 saturated heterocycles. The van der Waals surface area contributed by atoms with Gasteiger partial charge in [-0.05, 0) is 12.8 Å². The van der Waals surface area contributed by atoms with Gasteiger partial charge in [-0.25, -0.2) is 0 Å². The second-order valence-electron chi connectivity index (χ2n) is 3.43. The van der Waals surface area contributed by atoms with Crippen LogP contribution in [0.25, 0.3) is 0 Å². The SMILES string of the molecule is Cn1ncc(C(O)C2(C#N)CC2)n1. The molecule has 1 saturated carbocycles. The van der Waals surface area contributed by atoms with E-state index in [0.29, 0.717) is 5.69 Å². The van der Waals surface area contributed by atoms with Crippen LogP contribution in [0.15, 0.2) is 6.20 Å². The largest absolute Gasteiger partial charge is 0.385 e. The van der Waals surface area contributed by atoms with Crippen LogP contribution >= 0.6 is 0 Å². The van der Waals surface area contributed by atoms with Crippen molar-refractivity contribution in [2.75, 3.05) is 0 Å². The standard InChI is InChI=1S/C8H10N4O/c1-12-10-4-6(11-12)7(13)8(5-9)2-3-8/h4,7,13H,2-3H2,1H3. The summed E-state index contributed by atoms with van der Waals surface area (Å²) in [5.74, 6) is 0. The third-order valence-electron chi connectivity index (χ3n) is 2.43. The number of hydrogen-bond acceptors (Lipinski definition) is 4. The zero-order valence-electron chi connectivity index (χ0n) is 7.30. The van der Waals surface area contributed by atoms with E-state index in [9.17, 15) is 5.11 Å². The molecular weight excluding hydrogens is 168 g/mol. The molecule has 0 bridgehead atoms. The summed E-state index contributed by atoms with van der Waals surface area (Å²) in [7, 11) is 1.68. The highest BCUT2D eigenvalue weighted by Gasteiger charge is 2.51. The Morgan fingerprint density at radius 2 is 2.46 bits per heavy atom. The average molecular weight is 178 g/mol. The molecule has 0 aromatic carbocycles. The molecule has 2 rings (SSSR count). The minimum atomic E-state index is -0.786. The first kappa shape index (κ1) is 8.20. The molecule has 1 aromatic heterocycles. The fourth-order valence-electron chi connectivity index (χ4n) is 1.35. The zero-order chi connectivity index (χ0) is 9.47. The van der Waals surface area contributed by atoms with Gasteiger partial charge < -0.3 is 5.11 Å². The molecule has 0 radical (unpaired) electrons. The van der Waals surface area contributed by atoms with Gasteiger partial charge in [0.25, 0.3) is 0 Å². The van der Waals surface area contributed by atoms with Gasteiger partial charge in [-0.15, -0.1) is 0 Å². The van der Waals surface area contributed by atoms with Crippen LogP contribution in [-0.2, 0) is 7.05 Å². The highest BCUT2D eigenvalue weighted by atomic mass is 16.3. The van der Waals surface area contributed by atoms with Crippen molar-refractivity contribution < 1.29 is 5.11 Å². The molecule has 1 N–H and O–H groups in total. The van der Waals surface area contributed by atoms with Gasteiger partial charge in [-0.2, -0.15) is 20.3 Å². The van der Waals surface area contributed by atoms with Gasteiger partial charge in [-0.1, -0.05) is 0 Å². The van der Waals surface area contributed by atoms with Crippen LogP contribution in [0.3, 0.4) is 0 Å². The Morgan fingerprint density at radius 3 is 2.85 bits per heavy atom. The Balaban J connectivity index is 2.23. The van der Waals surface area contributed by atoms with Gasteiger partial charge in [0.05, 0.1) is 17.7 Å². The molecule has 1 heterocycles. The van der Waals surface area contributed by atoms with Crippen molar-refractivity contribution in [3.63, 3.8) is 0 Å². The summed E-state index contributed by atoms with van der Waals surface area (Å²) in [5.41, 5.74) is -0.0997. The molecular formula is C8H10N4O. The third-order valence-corrected chi connectivity index (χ3v) is 2.43. The molecule has 1 fully saturated rings. The van der Waals surface area contributed by atoms with Gasteiger partial charge in [0.1, 0.15) is 11.8 Å². The first-order valence-electron chi connectivity index (χ1n) is 4.13. The number of nitrogens with zero attached hydrogens (tertiary/aromatic N) is 4. The monoisotopic (exact) mass is 178 g/mol. The molecule has 5 nitrogen and oxygen atoms in total. The van der Waals surface area contributed by atoms with Crippen molar-refractivity contribution in [1.82, 2.24) is 15.0 Å². The second kappa shape index (κ2) is 2.54. The number of nitriles is 1. The topological polar surface area (TPSA) is 74.7 Å². The number of aryl methyl sites for hydroxylation is 1. The van der Waals surface area contributed by atoms with E-state index < -0.39 is 11.5 Å². The van der Waals surface area contributed by atoms with Crippen molar-refractivity contribution in [1.29, 1.82) is 5.26 Å². The molecule has 1 aliphatic rings. The van der Waals surface area contributed by atoms with Crippen LogP contribution in [0.2, 0.25) is 0 Å². The van der Waals surface area contributed by atoms with Crippen LogP contribution in [-0.4, -0.2) is 20.1 Å². The normalized spacial score (nSPS) is 20.7. The third kappa shape index (κ3) is 1.19. The van der Waals surface area contributed by atoms with Crippen LogP contribution in [0, 0.1) is 16.7 Å². The number of aromatic nitrogens is 3. The quantitative estimate of drug-likeness (QED) is 0.699. The Kier molecular flexibility index (Phi) is 1.60. The first-order chi connectivity index (χ1) is 6.18. The van der Waals surface area contributed by atoms with Gasteiger partial charge in [0.2, 0.25) is 0 Å². The van der Waals surface area contributed by atoms with Crippen molar-refractivity contribution in [3.8, 4) is 6.07 Å². The fourth-order valence-corrected chi connectivity index (χ4v) is 1.35. The number of rotatable bonds is 2. The second-order valence-corrected chi connectivity index (χ2v) is 3.43. The Labute approximate surface area is 75.6 Å². The summed E-state index contributed by atoms with van der Waals surface area (Å²) in [6.45, 7) is 0. The minimum Gasteiger partial charge on any atom is -0.385 e. The highest BCUT2D eigenvalue weighted by molar-refractivity contribution is 5.19. The van der Waals surface area contributed by atoms with Crippen molar-refractivity contribution in [2.24, 2.45) is 12.5 Å². The molecule has 1 aliphatic carbocycles. The van der Waals surface area contributed by atoms with Crippen molar-refractivity contribution in [3.05, 3.63) is 11.9 Å². The van der Waals surface area contributed by atoms with Crippen molar-refractivity contribution >= 4 is 0 Å². The molecule has 0 spiro atoms. The molecule has 13 heavy (non-hydrogen) atoms. The molecule has 0 aliphatic heterocycles. The van der Waals surface area contributed by atoms with E-state index >= 15 is 0 Å². The number of hydrogen-bond donors (Lipinski definition) is 1. The Hall–Kier alpha value is -1.41. The summed E-state index contributed by atoms with van der Waals surface area (Å²) < 4.78 is 0. The predicted octanol–water partition coefficient (Wildman–Crippen LogP) is 0.152. The maximum absolute atomic E-state index is 9.79. The Morgan fingerprint density at radius 1 is 1.77 bits per heavy atom. The average Bonchev–Trinajstić information content (AvgIpc) is 2.82. The number of aliphatic hydroxyl groups is 1. The lowest BCUT2D eigenvalue weighted by Gasteiger charge is -2.10. The maximum Gasteiger partial charge on any atom is 0.118 e. The van der Waals surface area contributed by atoms with Crippen LogP contribution in [0.1, 0.15) is 24.6 Å². The summed E-state index contributed by atoms with van der Waals surface area (Å²) in [6, 6.07) is 2.13. The molecule has 5 heteroatoms. The van der Waals surface area contributed by atoms with Gasteiger partial charge in [0.15, 0.2) is 0 Å². The summed E-state index contributed by atoms with van der Waals surface area (Å²) in [4.78, 5) is 1.38. The number of aliphatic hydroxyl groups excluding tert-OH is 1. The van der Waals surface area contributed by atoms with Gasteiger partial charge in [-0.3, -0.25) is 0 Å². The molecule has 1 unspecified atom stereocenters. The molecule has 68 valence electrons. The van der Waals surface area contributed by atoms with E-state index in [1.807, 2.05) is 0 Å². The van der Waals surface area contributed by atoms with E-state index in [1.54, 1.807) is 7.05 Å².